The van der Waals surface area contributed by atoms with Crippen molar-refractivity contribution in [1.29, 1.82) is 5.41 Å². The zero-order valence-electron chi connectivity index (χ0n) is 11.8. The molecule has 3 N–H and O–H groups in total. The number of amidine groups is 1. The molecule has 2 fully saturated rings. The Morgan fingerprint density at radius 2 is 2.20 bits per heavy atom. The fourth-order valence-corrected chi connectivity index (χ4v) is 4.03. The van der Waals surface area contributed by atoms with E-state index in [4.69, 9.17) is 11.1 Å². The summed E-state index contributed by atoms with van der Waals surface area (Å²) < 4.78 is 0.906. The van der Waals surface area contributed by atoms with Crippen molar-refractivity contribution >= 4 is 27.5 Å². The molecular weight excluding hydrogens is 316 g/mol. The van der Waals surface area contributed by atoms with Crippen LogP contribution in [0.3, 0.4) is 0 Å². The summed E-state index contributed by atoms with van der Waals surface area (Å²) in [7, 11) is 0. The minimum atomic E-state index is 0.108. The van der Waals surface area contributed by atoms with Crippen LogP contribution in [0.1, 0.15) is 25.3 Å². The fraction of sp³-hybridized carbons (Fsp3) is 0.533. The first-order chi connectivity index (χ1) is 9.56. The van der Waals surface area contributed by atoms with Crippen molar-refractivity contribution in [2.45, 2.75) is 31.8 Å². The number of nitrogens with one attached hydrogen (secondary N) is 1. The van der Waals surface area contributed by atoms with Crippen LogP contribution in [0, 0.1) is 5.41 Å². The number of nitrogen functional groups attached to an aromatic ring is 1. The first kappa shape index (κ1) is 13.9. The number of hydrogen-bond donors (Lipinski definition) is 2. The lowest BCUT2D eigenvalue weighted by Gasteiger charge is -2.43. The maximum atomic E-state index is 7.55. The van der Waals surface area contributed by atoms with Crippen molar-refractivity contribution in [2.24, 2.45) is 5.73 Å². The number of fused-ring (bicyclic) bond motifs is 1. The van der Waals surface area contributed by atoms with Crippen LogP contribution in [0.25, 0.3) is 0 Å². The highest BCUT2D eigenvalue weighted by Crippen LogP contribution is 2.31. The van der Waals surface area contributed by atoms with E-state index in [1.807, 2.05) is 6.07 Å². The van der Waals surface area contributed by atoms with Crippen molar-refractivity contribution in [2.75, 3.05) is 24.5 Å². The molecule has 2 unspecified atom stereocenters. The van der Waals surface area contributed by atoms with Crippen LogP contribution in [-0.2, 0) is 0 Å². The number of piperazine rings is 1. The Labute approximate surface area is 128 Å². The van der Waals surface area contributed by atoms with Gasteiger partial charge in [0.2, 0.25) is 0 Å². The van der Waals surface area contributed by atoms with E-state index in [1.165, 1.54) is 25.1 Å². The van der Waals surface area contributed by atoms with Crippen molar-refractivity contribution in [1.82, 2.24) is 4.90 Å². The molecule has 0 amide bonds. The molecule has 2 heterocycles. The summed E-state index contributed by atoms with van der Waals surface area (Å²) in [5, 5.41) is 7.55. The Bertz CT molecular complexity index is 531. The Morgan fingerprint density at radius 1 is 1.40 bits per heavy atom. The minimum absolute atomic E-state index is 0.108. The van der Waals surface area contributed by atoms with Crippen LogP contribution in [0.15, 0.2) is 22.7 Å². The second-order valence-electron chi connectivity index (χ2n) is 5.87. The molecule has 1 aromatic carbocycles. The molecule has 2 aliphatic rings. The van der Waals surface area contributed by atoms with Gasteiger partial charge in [-0.05, 0) is 60.4 Å². The Morgan fingerprint density at radius 3 is 2.90 bits per heavy atom. The summed E-state index contributed by atoms with van der Waals surface area (Å²) in [6.07, 6.45) is 2.65. The zero-order valence-corrected chi connectivity index (χ0v) is 13.4. The van der Waals surface area contributed by atoms with Crippen LogP contribution >= 0.6 is 15.9 Å². The lowest BCUT2D eigenvalue weighted by atomic mass is 10.1. The van der Waals surface area contributed by atoms with Gasteiger partial charge in [-0.15, -0.1) is 0 Å². The van der Waals surface area contributed by atoms with Gasteiger partial charge in [-0.25, -0.2) is 0 Å². The van der Waals surface area contributed by atoms with Gasteiger partial charge in [0.05, 0.1) is 0 Å². The summed E-state index contributed by atoms with van der Waals surface area (Å²) in [5.74, 6) is 0.108. The van der Waals surface area contributed by atoms with Crippen LogP contribution in [0.2, 0.25) is 0 Å². The largest absolute Gasteiger partial charge is 0.384 e. The van der Waals surface area contributed by atoms with Crippen LogP contribution in [0.4, 0.5) is 5.69 Å². The summed E-state index contributed by atoms with van der Waals surface area (Å²) in [4.78, 5) is 5.11. The average Bonchev–Trinajstić information content (AvgIpc) is 2.84. The molecule has 0 aromatic heterocycles. The number of anilines is 1. The zero-order chi connectivity index (χ0) is 14.3. The predicted octanol–water partition coefficient (Wildman–Crippen LogP) is 2.41. The number of nitrogens with zero attached hydrogens (tertiary/aromatic N) is 2. The molecule has 2 aliphatic heterocycles. The van der Waals surface area contributed by atoms with Crippen LogP contribution < -0.4 is 10.6 Å². The van der Waals surface area contributed by atoms with Gasteiger partial charge in [-0.3, -0.25) is 10.3 Å². The number of hydrogen-bond acceptors (Lipinski definition) is 3. The van der Waals surface area contributed by atoms with E-state index in [0.717, 1.165) is 23.1 Å². The molecular formula is C15H21BrN4. The van der Waals surface area contributed by atoms with Crippen molar-refractivity contribution in [3.05, 3.63) is 28.2 Å². The molecule has 20 heavy (non-hydrogen) atoms. The van der Waals surface area contributed by atoms with E-state index < -0.39 is 0 Å². The van der Waals surface area contributed by atoms with Gasteiger partial charge in [-0.2, -0.15) is 0 Å². The first-order valence-corrected chi connectivity index (χ1v) is 8.00. The lowest BCUT2D eigenvalue weighted by molar-refractivity contribution is 0.203. The molecule has 1 aromatic rings. The highest BCUT2D eigenvalue weighted by atomic mass is 79.9. The van der Waals surface area contributed by atoms with E-state index in [9.17, 15) is 0 Å². The minimum Gasteiger partial charge on any atom is -0.384 e. The second-order valence-corrected chi connectivity index (χ2v) is 6.72. The molecule has 4 nitrogen and oxygen atoms in total. The van der Waals surface area contributed by atoms with Gasteiger partial charge in [-0.1, -0.05) is 0 Å². The quantitative estimate of drug-likeness (QED) is 0.644. The second kappa shape index (κ2) is 5.37. The predicted molar refractivity (Wildman–Crippen MR) is 86.6 cm³/mol. The number of rotatable bonds is 2. The summed E-state index contributed by atoms with van der Waals surface area (Å²) in [5.41, 5.74) is 7.56. The third-order valence-corrected chi connectivity index (χ3v) is 5.17. The standard InChI is InChI=1S/C15H21BrN4/c1-10-8-19-6-2-3-12(19)9-20(10)11-4-5-13(15(17)18)14(16)7-11/h4-5,7,10,12H,2-3,6,8-9H2,1H3,(H3,17,18). The number of benzene rings is 1. The van der Waals surface area contributed by atoms with Crippen LogP contribution in [-0.4, -0.2) is 42.5 Å². The first-order valence-electron chi connectivity index (χ1n) is 7.21. The molecule has 2 atom stereocenters. The van der Waals surface area contributed by atoms with Crippen LogP contribution in [0.5, 0.6) is 0 Å². The van der Waals surface area contributed by atoms with E-state index in [0.29, 0.717) is 12.1 Å². The van der Waals surface area contributed by atoms with E-state index in [2.05, 4.69) is 44.8 Å². The Balaban J connectivity index is 1.85. The third kappa shape index (κ3) is 2.44. The topological polar surface area (TPSA) is 56.4 Å². The number of halogens is 1. The van der Waals surface area contributed by atoms with Gasteiger partial charge in [0.15, 0.2) is 0 Å². The van der Waals surface area contributed by atoms with Gasteiger partial charge in [0.1, 0.15) is 5.84 Å². The molecule has 3 rings (SSSR count). The van der Waals surface area contributed by atoms with Gasteiger partial charge < -0.3 is 10.6 Å². The third-order valence-electron chi connectivity index (χ3n) is 4.51. The molecule has 108 valence electrons. The monoisotopic (exact) mass is 336 g/mol. The van der Waals surface area contributed by atoms with Gasteiger partial charge in [0, 0.05) is 40.9 Å². The Kier molecular flexibility index (Phi) is 3.73. The molecule has 0 spiro atoms. The van der Waals surface area contributed by atoms with E-state index in [1.54, 1.807) is 0 Å². The van der Waals surface area contributed by atoms with Gasteiger partial charge in [0.25, 0.3) is 0 Å². The normalized spacial score (nSPS) is 26.6. The molecule has 2 saturated heterocycles. The smallest absolute Gasteiger partial charge is 0.123 e. The maximum Gasteiger partial charge on any atom is 0.123 e. The maximum absolute atomic E-state index is 7.55. The molecule has 0 bridgehead atoms. The fourth-order valence-electron chi connectivity index (χ4n) is 3.45. The highest BCUT2D eigenvalue weighted by Gasteiger charge is 2.34. The van der Waals surface area contributed by atoms with E-state index in [-0.39, 0.29) is 5.84 Å². The average molecular weight is 337 g/mol. The van der Waals surface area contributed by atoms with Crippen molar-refractivity contribution < 1.29 is 0 Å². The SMILES string of the molecule is CC1CN2CCCC2CN1c1ccc(C(=N)N)c(Br)c1. The molecule has 0 aliphatic carbocycles. The molecule has 0 radical (unpaired) electrons. The molecule has 5 heteroatoms. The summed E-state index contributed by atoms with van der Waals surface area (Å²) >= 11 is 3.53. The van der Waals surface area contributed by atoms with E-state index >= 15 is 0 Å². The van der Waals surface area contributed by atoms with Gasteiger partial charge >= 0.3 is 0 Å². The van der Waals surface area contributed by atoms with Crippen molar-refractivity contribution in [3.63, 3.8) is 0 Å². The summed E-state index contributed by atoms with van der Waals surface area (Å²) in [6, 6.07) is 7.35. The summed E-state index contributed by atoms with van der Waals surface area (Å²) in [6.45, 7) is 5.81. The lowest BCUT2D eigenvalue weighted by Crippen LogP contribution is -2.55. The highest BCUT2D eigenvalue weighted by molar-refractivity contribution is 9.10. The molecule has 0 saturated carbocycles. The number of nitrogens with two attached hydrogens (primary N) is 1. The van der Waals surface area contributed by atoms with Crippen molar-refractivity contribution in [3.8, 4) is 0 Å². The Hall–Kier alpha value is -1.07.